The van der Waals surface area contributed by atoms with Gasteiger partial charge in [0, 0.05) is 12.1 Å². The van der Waals surface area contributed by atoms with Crippen molar-refractivity contribution >= 4 is 11.9 Å². The number of hydrogen-bond donors (Lipinski definition) is 2. The number of carbonyl (C=O) groups excluding carboxylic acids is 1. The van der Waals surface area contributed by atoms with Crippen LogP contribution in [0.2, 0.25) is 0 Å². The molecule has 1 amide bonds. The van der Waals surface area contributed by atoms with Crippen LogP contribution in [-0.2, 0) is 6.54 Å². The fraction of sp³-hybridized carbons (Fsp3) is 0.176. The van der Waals surface area contributed by atoms with Crippen LogP contribution in [0.15, 0.2) is 42.5 Å². The average Bonchev–Trinajstić information content (AvgIpc) is 2.44. The highest BCUT2D eigenvalue weighted by Gasteiger charge is 2.08. The van der Waals surface area contributed by atoms with Gasteiger partial charge < -0.3 is 10.4 Å². The van der Waals surface area contributed by atoms with Gasteiger partial charge in [0.1, 0.15) is 0 Å². The number of carbonyl (C=O) groups is 2. The Labute approximate surface area is 123 Å². The molecule has 0 saturated heterocycles. The van der Waals surface area contributed by atoms with Crippen LogP contribution >= 0.6 is 0 Å². The lowest BCUT2D eigenvalue weighted by Gasteiger charge is -2.08. The third-order valence-corrected chi connectivity index (χ3v) is 3.11. The number of carboxylic acid groups (broad SMARTS) is 1. The predicted octanol–water partition coefficient (Wildman–Crippen LogP) is 2.93. The lowest BCUT2D eigenvalue weighted by Crippen LogP contribution is -2.23. The molecule has 0 bridgehead atoms. The maximum absolute atomic E-state index is 12.1. The molecule has 0 unspecified atom stereocenters. The maximum atomic E-state index is 12.1. The molecule has 0 heterocycles. The highest BCUT2D eigenvalue weighted by Crippen LogP contribution is 2.10. The number of hydrogen-bond acceptors (Lipinski definition) is 2. The van der Waals surface area contributed by atoms with Gasteiger partial charge in [0.05, 0.1) is 5.56 Å². The van der Waals surface area contributed by atoms with E-state index in [4.69, 9.17) is 5.11 Å². The van der Waals surface area contributed by atoms with E-state index in [0.717, 1.165) is 16.7 Å². The summed E-state index contributed by atoms with van der Waals surface area (Å²) in [4.78, 5) is 23.0. The predicted molar refractivity (Wildman–Crippen MR) is 80.5 cm³/mol. The second kappa shape index (κ2) is 6.22. The largest absolute Gasteiger partial charge is 0.478 e. The zero-order valence-corrected chi connectivity index (χ0v) is 12.0. The van der Waals surface area contributed by atoms with Gasteiger partial charge in [0.15, 0.2) is 0 Å². The smallest absolute Gasteiger partial charge is 0.335 e. The van der Waals surface area contributed by atoms with E-state index in [1.165, 1.54) is 6.07 Å². The Morgan fingerprint density at radius 3 is 2.29 bits per heavy atom. The van der Waals surface area contributed by atoms with Gasteiger partial charge in [-0.05, 0) is 43.7 Å². The SMILES string of the molecule is Cc1cc(C)cc(C(=O)NCc2cccc(C(=O)O)c2)c1. The molecular formula is C17H17NO3. The summed E-state index contributed by atoms with van der Waals surface area (Å²) in [5.74, 6) is -1.14. The van der Waals surface area contributed by atoms with E-state index in [0.29, 0.717) is 12.1 Å². The quantitative estimate of drug-likeness (QED) is 0.906. The molecule has 0 spiro atoms. The van der Waals surface area contributed by atoms with Gasteiger partial charge in [-0.3, -0.25) is 4.79 Å². The molecule has 4 heteroatoms. The molecular weight excluding hydrogens is 266 g/mol. The third-order valence-electron chi connectivity index (χ3n) is 3.11. The van der Waals surface area contributed by atoms with Crippen molar-refractivity contribution in [3.8, 4) is 0 Å². The van der Waals surface area contributed by atoms with Gasteiger partial charge in [0.25, 0.3) is 5.91 Å². The Morgan fingerprint density at radius 1 is 1.00 bits per heavy atom. The Kier molecular flexibility index (Phi) is 4.38. The fourth-order valence-electron chi connectivity index (χ4n) is 2.20. The number of carboxylic acids is 1. The monoisotopic (exact) mass is 283 g/mol. The summed E-state index contributed by atoms with van der Waals surface area (Å²) in [6, 6.07) is 12.2. The summed E-state index contributed by atoms with van der Waals surface area (Å²) < 4.78 is 0. The first-order valence-corrected chi connectivity index (χ1v) is 6.64. The van der Waals surface area contributed by atoms with E-state index >= 15 is 0 Å². The zero-order valence-electron chi connectivity index (χ0n) is 12.0. The third kappa shape index (κ3) is 3.92. The summed E-state index contributed by atoms with van der Waals surface area (Å²) >= 11 is 0. The molecule has 2 aromatic carbocycles. The van der Waals surface area contributed by atoms with Crippen LogP contribution in [0, 0.1) is 13.8 Å². The topological polar surface area (TPSA) is 66.4 Å². The van der Waals surface area contributed by atoms with Crippen LogP contribution in [0.5, 0.6) is 0 Å². The second-order valence-corrected chi connectivity index (χ2v) is 5.06. The van der Waals surface area contributed by atoms with Gasteiger partial charge in [-0.1, -0.05) is 29.3 Å². The normalized spacial score (nSPS) is 10.2. The molecule has 0 aliphatic rings. The van der Waals surface area contributed by atoms with Crippen LogP contribution in [0.3, 0.4) is 0 Å². The molecule has 4 nitrogen and oxygen atoms in total. The van der Waals surface area contributed by atoms with Gasteiger partial charge >= 0.3 is 5.97 Å². The molecule has 0 radical (unpaired) electrons. The first kappa shape index (κ1) is 14.8. The molecule has 2 rings (SSSR count). The summed E-state index contributed by atoms with van der Waals surface area (Å²) in [7, 11) is 0. The highest BCUT2D eigenvalue weighted by molar-refractivity contribution is 5.94. The van der Waals surface area contributed by atoms with Gasteiger partial charge in [-0.15, -0.1) is 0 Å². The molecule has 21 heavy (non-hydrogen) atoms. The summed E-state index contributed by atoms with van der Waals surface area (Å²) in [5, 5.41) is 11.7. The Bertz CT molecular complexity index is 672. The van der Waals surface area contributed by atoms with E-state index in [1.807, 2.05) is 32.0 Å². The fourth-order valence-corrected chi connectivity index (χ4v) is 2.20. The van der Waals surface area contributed by atoms with Gasteiger partial charge in [0.2, 0.25) is 0 Å². The lowest BCUT2D eigenvalue weighted by atomic mass is 10.1. The number of aromatic carboxylic acids is 1. The molecule has 0 aliphatic carbocycles. The van der Waals surface area contributed by atoms with Crippen molar-refractivity contribution in [2.24, 2.45) is 0 Å². The van der Waals surface area contributed by atoms with Crippen molar-refractivity contribution in [1.82, 2.24) is 5.32 Å². The molecule has 0 aliphatic heterocycles. The average molecular weight is 283 g/mol. The van der Waals surface area contributed by atoms with Crippen molar-refractivity contribution in [1.29, 1.82) is 0 Å². The van der Waals surface area contributed by atoms with E-state index in [2.05, 4.69) is 5.32 Å². The molecule has 0 saturated carbocycles. The standard InChI is InChI=1S/C17H17NO3/c1-11-6-12(2)8-15(7-11)16(19)18-10-13-4-3-5-14(9-13)17(20)21/h3-9H,10H2,1-2H3,(H,18,19)(H,20,21). The van der Waals surface area contributed by atoms with Crippen molar-refractivity contribution < 1.29 is 14.7 Å². The van der Waals surface area contributed by atoms with Crippen LogP contribution in [0.25, 0.3) is 0 Å². The first-order chi connectivity index (χ1) is 9.95. The summed E-state index contributed by atoms with van der Waals surface area (Å²) in [6.45, 7) is 4.19. The molecule has 2 aromatic rings. The van der Waals surface area contributed by atoms with E-state index in [1.54, 1.807) is 18.2 Å². The number of benzene rings is 2. The van der Waals surface area contributed by atoms with Gasteiger partial charge in [-0.25, -0.2) is 4.79 Å². The van der Waals surface area contributed by atoms with Crippen LogP contribution in [0.4, 0.5) is 0 Å². The lowest BCUT2D eigenvalue weighted by molar-refractivity contribution is 0.0696. The zero-order chi connectivity index (χ0) is 15.4. The minimum absolute atomic E-state index is 0.164. The molecule has 0 aromatic heterocycles. The number of rotatable bonds is 4. The molecule has 0 atom stereocenters. The number of amides is 1. The van der Waals surface area contributed by atoms with Crippen molar-refractivity contribution in [2.75, 3.05) is 0 Å². The van der Waals surface area contributed by atoms with Gasteiger partial charge in [-0.2, -0.15) is 0 Å². The Balaban J connectivity index is 2.07. The maximum Gasteiger partial charge on any atom is 0.335 e. The van der Waals surface area contributed by atoms with Crippen LogP contribution in [-0.4, -0.2) is 17.0 Å². The number of aryl methyl sites for hydroxylation is 2. The van der Waals surface area contributed by atoms with Crippen LogP contribution in [0.1, 0.15) is 37.4 Å². The van der Waals surface area contributed by atoms with Crippen molar-refractivity contribution in [3.63, 3.8) is 0 Å². The Hall–Kier alpha value is -2.62. The highest BCUT2D eigenvalue weighted by atomic mass is 16.4. The van der Waals surface area contributed by atoms with E-state index in [9.17, 15) is 9.59 Å². The second-order valence-electron chi connectivity index (χ2n) is 5.06. The van der Waals surface area contributed by atoms with Crippen molar-refractivity contribution in [3.05, 3.63) is 70.3 Å². The molecule has 2 N–H and O–H groups in total. The first-order valence-electron chi connectivity index (χ1n) is 6.64. The summed E-state index contributed by atoms with van der Waals surface area (Å²) in [5.41, 5.74) is 3.66. The van der Waals surface area contributed by atoms with Crippen LogP contribution < -0.4 is 5.32 Å². The molecule has 108 valence electrons. The van der Waals surface area contributed by atoms with E-state index < -0.39 is 5.97 Å². The summed E-state index contributed by atoms with van der Waals surface area (Å²) in [6.07, 6.45) is 0. The Morgan fingerprint density at radius 2 is 1.67 bits per heavy atom. The van der Waals surface area contributed by atoms with Crippen molar-refractivity contribution in [2.45, 2.75) is 20.4 Å². The minimum Gasteiger partial charge on any atom is -0.478 e. The minimum atomic E-state index is -0.975. The number of nitrogens with one attached hydrogen (secondary N) is 1. The van der Waals surface area contributed by atoms with E-state index in [-0.39, 0.29) is 11.5 Å². The molecule has 0 fully saturated rings.